The quantitative estimate of drug-likeness (QED) is 0.146. The Bertz CT molecular complexity index is 3970. The average Bonchev–Trinajstić information content (AvgIpc) is 0.942. The topological polar surface area (TPSA) is 116 Å². The molecule has 0 aliphatic rings. The lowest BCUT2D eigenvalue weighted by Crippen LogP contribution is -1.86. The summed E-state index contributed by atoms with van der Waals surface area (Å²) in [5.74, 6) is 0.823. The number of rotatable bonds is 0. The summed E-state index contributed by atoms with van der Waals surface area (Å²) in [7, 11) is 0. The normalized spacial score (nSPS) is 9.15. The van der Waals surface area contributed by atoms with Gasteiger partial charge >= 0.3 is 0 Å². The van der Waals surface area contributed by atoms with Crippen LogP contribution in [0, 0.1) is 55.4 Å². The molecule has 8 aromatic carbocycles. The van der Waals surface area contributed by atoms with Crippen LogP contribution in [0.5, 0.6) is 0 Å². The van der Waals surface area contributed by atoms with Gasteiger partial charge in [-0.3, -0.25) is 34.9 Å². The maximum Gasteiger partial charge on any atom is 0.125 e. The molecule has 544 valence electrons. The molecule has 0 saturated heterocycles. The summed E-state index contributed by atoms with van der Waals surface area (Å²) >= 11 is 0. The molecular formula is C95H119N9. The van der Waals surface area contributed by atoms with Crippen molar-refractivity contribution in [3.8, 4) is 0 Å². The lowest BCUT2D eigenvalue weighted by atomic mass is 10.1. The molecule has 9 heteroatoms. The van der Waals surface area contributed by atoms with Crippen molar-refractivity contribution in [2.24, 2.45) is 0 Å². The summed E-state index contributed by atoms with van der Waals surface area (Å²) in [6.07, 6.45) is 16.7. The van der Waals surface area contributed by atoms with Crippen LogP contribution in [0.25, 0.3) is 86.8 Å². The third-order valence-electron chi connectivity index (χ3n) is 14.0. The van der Waals surface area contributed by atoms with Crippen molar-refractivity contribution in [2.75, 3.05) is 0 Å². The van der Waals surface area contributed by atoms with Gasteiger partial charge in [0.2, 0.25) is 0 Å². The number of hydrogen-bond acceptors (Lipinski definition) is 9. The minimum absolute atomic E-state index is 0.823. The van der Waals surface area contributed by atoms with Gasteiger partial charge in [0.1, 0.15) is 5.82 Å². The number of pyridine rings is 7. The maximum absolute atomic E-state index is 4.38. The van der Waals surface area contributed by atoms with E-state index in [0.717, 1.165) is 50.2 Å². The SMILES string of the molecule is CC.CC.CC.CC.CC.CC.CC.CC.Cc1cc2ccccc2cn1.Cc1ccc2ccccc2n1.Cc1ccc2cccnc2c1.Cc1ccc2ccncc2c1.Cc1ccc2cnccc2c1.Cc1ccc2ncccc2c1.Cc1cnc2ccccc2c1.Cc1ncc2ccccc2n1. The molecule has 8 heterocycles. The van der Waals surface area contributed by atoms with E-state index in [1.54, 1.807) is 0 Å². The zero-order valence-corrected chi connectivity index (χ0v) is 67.2. The molecule has 104 heavy (non-hydrogen) atoms. The summed E-state index contributed by atoms with van der Waals surface area (Å²) in [6, 6.07) is 78.2. The standard InChI is InChI=1S/7C10H9N.C9H8N2.8C2H6/c1-8-2-3-10-7-11-5-4-9(10)6-8;1-8-2-3-9-4-5-11-7-10(9)6-8;1-8-4-5-10-9(7-8)3-2-6-11-10;1-8-4-5-9-3-2-6-11-10(9)7-8;1-8-6-9-4-2-3-5-10(9)7-11-8;1-8-6-9-4-2-3-5-10(9)11-7-8;1-8-6-7-9-4-2-3-5-10(9)11-8;1-7-10-6-8-4-2-3-5-9(8)11-7;8*1-2/h7*2-7H,1H3;2-6H,1H3;8*1-2H3. The first-order valence-corrected chi connectivity index (χ1v) is 37.3. The zero-order chi connectivity index (χ0) is 77.5. The summed E-state index contributed by atoms with van der Waals surface area (Å²) in [6.45, 7) is 48.3. The predicted octanol–water partition coefficient (Wildman–Crippen LogP) is 28.0. The van der Waals surface area contributed by atoms with Crippen LogP contribution in [0.15, 0.2) is 286 Å². The van der Waals surface area contributed by atoms with Crippen LogP contribution in [0.3, 0.4) is 0 Å². The number of aromatic nitrogens is 9. The fourth-order valence-electron chi connectivity index (χ4n) is 9.39. The first-order chi connectivity index (χ1) is 50.9. The molecule has 0 radical (unpaired) electrons. The monoisotopic (exact) mass is 1390 g/mol. The van der Waals surface area contributed by atoms with Gasteiger partial charge in [-0.15, -0.1) is 0 Å². The van der Waals surface area contributed by atoms with Crippen LogP contribution in [0.2, 0.25) is 0 Å². The van der Waals surface area contributed by atoms with E-state index in [0.29, 0.717) is 0 Å². The Kier molecular flexibility index (Phi) is 48.7. The first-order valence-electron chi connectivity index (χ1n) is 37.3. The number of aryl methyl sites for hydroxylation is 8. The summed E-state index contributed by atoms with van der Waals surface area (Å²) in [5, 5.41) is 13.4. The summed E-state index contributed by atoms with van der Waals surface area (Å²) in [4.78, 5) is 37.8. The Morgan fingerprint density at radius 1 is 0.183 bits per heavy atom. The van der Waals surface area contributed by atoms with E-state index in [1.807, 2.05) is 297 Å². The first kappa shape index (κ1) is 91.0. The van der Waals surface area contributed by atoms with Crippen molar-refractivity contribution in [3.63, 3.8) is 0 Å². The van der Waals surface area contributed by atoms with Crippen molar-refractivity contribution in [1.82, 2.24) is 44.9 Å². The molecule has 0 aliphatic heterocycles. The van der Waals surface area contributed by atoms with Gasteiger partial charge in [0.15, 0.2) is 0 Å². The fraction of sp³-hybridized carbons (Fsp3) is 0.253. The number of benzene rings is 8. The average molecular weight is 1390 g/mol. The molecule has 0 saturated carbocycles. The van der Waals surface area contributed by atoms with Crippen LogP contribution < -0.4 is 0 Å². The lowest BCUT2D eigenvalue weighted by molar-refractivity contribution is 1.09. The number of fused-ring (bicyclic) bond motifs is 8. The molecule has 0 unspecified atom stereocenters. The Labute approximate surface area is 625 Å². The molecule has 16 aromatic rings. The Balaban J connectivity index is 0.000000578. The minimum atomic E-state index is 0.823. The van der Waals surface area contributed by atoms with Crippen LogP contribution in [0.1, 0.15) is 156 Å². The minimum Gasteiger partial charge on any atom is -0.264 e. The van der Waals surface area contributed by atoms with Gasteiger partial charge < -0.3 is 0 Å². The fourth-order valence-corrected chi connectivity index (χ4v) is 9.39. The van der Waals surface area contributed by atoms with Gasteiger partial charge in [-0.2, -0.15) is 0 Å². The molecule has 16 rings (SSSR count). The summed E-state index contributed by atoms with van der Waals surface area (Å²) < 4.78 is 0. The smallest absolute Gasteiger partial charge is 0.125 e. The molecule has 0 amide bonds. The number of para-hydroxylation sites is 3. The van der Waals surface area contributed by atoms with Crippen LogP contribution in [-0.4, -0.2) is 44.9 Å². The van der Waals surface area contributed by atoms with E-state index in [1.165, 1.54) is 81.7 Å². The van der Waals surface area contributed by atoms with E-state index >= 15 is 0 Å². The lowest BCUT2D eigenvalue weighted by Gasteiger charge is -1.96. The van der Waals surface area contributed by atoms with Gasteiger partial charge in [0, 0.05) is 110 Å². The Morgan fingerprint density at radius 2 is 0.558 bits per heavy atom. The van der Waals surface area contributed by atoms with E-state index < -0.39 is 0 Å². The third-order valence-corrected chi connectivity index (χ3v) is 14.0. The highest BCUT2D eigenvalue weighted by molar-refractivity contribution is 5.85. The molecule has 0 N–H and O–H groups in total. The molecule has 9 nitrogen and oxygen atoms in total. The second kappa shape index (κ2) is 55.6. The van der Waals surface area contributed by atoms with Crippen molar-refractivity contribution in [3.05, 3.63) is 331 Å². The van der Waals surface area contributed by atoms with E-state index in [9.17, 15) is 0 Å². The Hall–Kier alpha value is -11.0. The van der Waals surface area contributed by atoms with Gasteiger partial charge in [-0.05, 0) is 168 Å². The van der Waals surface area contributed by atoms with Gasteiger partial charge in [-0.25, -0.2) is 9.97 Å². The molecule has 0 spiro atoms. The predicted molar refractivity (Wildman–Crippen MR) is 460 cm³/mol. The molecule has 8 aromatic heterocycles. The molecule has 0 atom stereocenters. The molecular weight excluding hydrogens is 1270 g/mol. The van der Waals surface area contributed by atoms with Crippen molar-refractivity contribution < 1.29 is 0 Å². The number of nitrogens with zero attached hydrogens (tertiary/aromatic N) is 9. The van der Waals surface area contributed by atoms with Gasteiger partial charge in [-0.1, -0.05) is 273 Å². The zero-order valence-electron chi connectivity index (χ0n) is 67.2. The van der Waals surface area contributed by atoms with E-state index in [-0.39, 0.29) is 0 Å². The second-order valence-electron chi connectivity index (χ2n) is 21.4. The van der Waals surface area contributed by atoms with Crippen molar-refractivity contribution in [2.45, 2.75) is 166 Å². The van der Waals surface area contributed by atoms with Gasteiger partial charge in [0.25, 0.3) is 0 Å². The highest BCUT2D eigenvalue weighted by Crippen LogP contribution is 2.18. The highest BCUT2D eigenvalue weighted by Gasteiger charge is 1.98. The highest BCUT2D eigenvalue weighted by atomic mass is 14.9. The maximum atomic E-state index is 4.38. The van der Waals surface area contributed by atoms with Crippen LogP contribution in [-0.2, 0) is 0 Å². The second-order valence-corrected chi connectivity index (χ2v) is 21.4. The molecule has 0 aliphatic carbocycles. The molecule has 0 bridgehead atoms. The van der Waals surface area contributed by atoms with Crippen LogP contribution in [0.4, 0.5) is 0 Å². The van der Waals surface area contributed by atoms with Gasteiger partial charge in [0.05, 0.1) is 27.6 Å². The van der Waals surface area contributed by atoms with E-state index in [2.05, 4.69) is 201 Å². The molecule has 0 fully saturated rings. The third kappa shape index (κ3) is 33.2. The largest absolute Gasteiger partial charge is 0.264 e. The van der Waals surface area contributed by atoms with Crippen molar-refractivity contribution >= 4 is 86.8 Å². The number of hydrogen-bond donors (Lipinski definition) is 0. The van der Waals surface area contributed by atoms with E-state index in [4.69, 9.17) is 0 Å². The Morgan fingerprint density at radius 3 is 1.17 bits per heavy atom. The summed E-state index contributed by atoms with van der Waals surface area (Å²) in [5.41, 5.74) is 13.8. The van der Waals surface area contributed by atoms with Crippen LogP contribution >= 0.6 is 0 Å². The van der Waals surface area contributed by atoms with Crippen molar-refractivity contribution in [1.29, 1.82) is 0 Å².